The molecule has 0 saturated carbocycles. The highest BCUT2D eigenvalue weighted by Gasteiger charge is 2.11. The summed E-state index contributed by atoms with van der Waals surface area (Å²) in [5.41, 5.74) is 1.06. The summed E-state index contributed by atoms with van der Waals surface area (Å²) in [6, 6.07) is 7.64. The molecule has 4 heteroatoms. The molecule has 1 rings (SSSR count). The highest BCUT2D eigenvalue weighted by atomic mass is 79.9. The number of halogens is 1. The van der Waals surface area contributed by atoms with Gasteiger partial charge in [0.15, 0.2) is 0 Å². The lowest BCUT2D eigenvalue weighted by Crippen LogP contribution is -2.30. The van der Waals surface area contributed by atoms with E-state index in [1.165, 1.54) is 0 Å². The first-order valence-electron chi connectivity index (χ1n) is 5.22. The fraction of sp³-hybridized carbons (Fsp3) is 0.417. The van der Waals surface area contributed by atoms with E-state index in [-0.39, 0.29) is 10.7 Å². The predicted octanol–water partition coefficient (Wildman–Crippen LogP) is 2.48. The van der Waals surface area contributed by atoms with Gasteiger partial charge in [-0.15, -0.1) is 0 Å². The first-order valence-corrected chi connectivity index (χ1v) is 6.13. The monoisotopic (exact) mass is 285 g/mol. The summed E-state index contributed by atoms with van der Waals surface area (Å²) in [6.07, 6.45) is 0.786. The maximum Gasteiger partial charge on any atom is 0.234 e. The number of methoxy groups -OCH3 is 1. The molecule has 88 valence electrons. The molecular weight excluding hydrogens is 270 g/mol. The first-order chi connectivity index (χ1) is 7.67. The Balaban J connectivity index is 2.45. The number of carbonyl (C=O) groups excluding carboxylic acids is 1. The minimum absolute atomic E-state index is 0.0262. The Hall–Kier alpha value is -1.03. The second-order valence-corrected chi connectivity index (χ2v) is 4.55. The Labute approximate surface area is 104 Å². The van der Waals surface area contributed by atoms with E-state index in [1.807, 2.05) is 31.2 Å². The van der Waals surface area contributed by atoms with Crippen molar-refractivity contribution < 1.29 is 9.53 Å². The zero-order chi connectivity index (χ0) is 12.0. The molecular formula is C12H16BrNO2. The third-order valence-electron chi connectivity index (χ3n) is 2.27. The van der Waals surface area contributed by atoms with Crippen molar-refractivity contribution in [3.05, 3.63) is 29.8 Å². The number of hydrogen-bond donors (Lipinski definition) is 1. The fourth-order valence-electron chi connectivity index (χ4n) is 1.23. The van der Waals surface area contributed by atoms with Crippen molar-refractivity contribution in [1.29, 1.82) is 0 Å². The SMILES string of the molecule is CCC(Br)C(=O)NCc1ccc(OC)cc1. The van der Waals surface area contributed by atoms with Crippen molar-refractivity contribution in [1.82, 2.24) is 5.32 Å². The van der Waals surface area contributed by atoms with Gasteiger partial charge in [0.25, 0.3) is 0 Å². The van der Waals surface area contributed by atoms with Gasteiger partial charge < -0.3 is 10.1 Å². The Kier molecular flexibility index (Phi) is 5.32. The summed E-state index contributed by atoms with van der Waals surface area (Å²) in [6.45, 7) is 2.51. The Morgan fingerprint density at radius 3 is 2.56 bits per heavy atom. The molecule has 1 unspecified atom stereocenters. The van der Waals surface area contributed by atoms with E-state index in [1.54, 1.807) is 7.11 Å². The number of amides is 1. The van der Waals surface area contributed by atoms with E-state index in [0.29, 0.717) is 6.54 Å². The highest BCUT2D eigenvalue weighted by molar-refractivity contribution is 9.10. The van der Waals surface area contributed by atoms with Crippen LogP contribution in [-0.4, -0.2) is 17.8 Å². The number of rotatable bonds is 5. The van der Waals surface area contributed by atoms with Crippen LogP contribution >= 0.6 is 15.9 Å². The maximum atomic E-state index is 11.5. The van der Waals surface area contributed by atoms with Crippen LogP contribution in [0.2, 0.25) is 0 Å². The minimum Gasteiger partial charge on any atom is -0.497 e. The molecule has 1 aromatic carbocycles. The van der Waals surface area contributed by atoms with E-state index >= 15 is 0 Å². The van der Waals surface area contributed by atoms with Gasteiger partial charge in [-0.3, -0.25) is 4.79 Å². The van der Waals surface area contributed by atoms with Crippen LogP contribution in [0, 0.1) is 0 Å². The average molecular weight is 286 g/mol. The second-order valence-electron chi connectivity index (χ2n) is 3.44. The quantitative estimate of drug-likeness (QED) is 0.844. The van der Waals surface area contributed by atoms with Gasteiger partial charge >= 0.3 is 0 Å². The molecule has 0 aliphatic rings. The lowest BCUT2D eigenvalue weighted by molar-refractivity contribution is -0.120. The smallest absolute Gasteiger partial charge is 0.234 e. The van der Waals surface area contributed by atoms with Gasteiger partial charge in [-0.2, -0.15) is 0 Å². The predicted molar refractivity (Wildman–Crippen MR) is 67.8 cm³/mol. The van der Waals surface area contributed by atoms with E-state index in [2.05, 4.69) is 21.2 Å². The Morgan fingerprint density at radius 1 is 1.44 bits per heavy atom. The van der Waals surface area contributed by atoms with Crippen LogP contribution in [-0.2, 0) is 11.3 Å². The van der Waals surface area contributed by atoms with E-state index in [0.717, 1.165) is 17.7 Å². The van der Waals surface area contributed by atoms with Crippen LogP contribution in [0.4, 0.5) is 0 Å². The molecule has 0 aliphatic carbocycles. The van der Waals surface area contributed by atoms with Crippen molar-refractivity contribution in [2.24, 2.45) is 0 Å². The van der Waals surface area contributed by atoms with Crippen LogP contribution in [0.3, 0.4) is 0 Å². The second kappa shape index (κ2) is 6.53. The van der Waals surface area contributed by atoms with Gasteiger partial charge in [0.05, 0.1) is 11.9 Å². The molecule has 0 saturated heterocycles. The molecule has 1 aromatic rings. The van der Waals surface area contributed by atoms with Gasteiger partial charge in [-0.25, -0.2) is 0 Å². The fourth-order valence-corrected chi connectivity index (χ4v) is 1.39. The van der Waals surface area contributed by atoms with Crippen LogP contribution in [0.1, 0.15) is 18.9 Å². The van der Waals surface area contributed by atoms with Crippen LogP contribution < -0.4 is 10.1 Å². The first kappa shape index (κ1) is 13.0. The Morgan fingerprint density at radius 2 is 2.06 bits per heavy atom. The zero-order valence-electron chi connectivity index (χ0n) is 9.50. The molecule has 0 spiro atoms. The molecule has 0 bridgehead atoms. The van der Waals surface area contributed by atoms with Gasteiger partial charge in [0.1, 0.15) is 5.75 Å². The number of carbonyl (C=O) groups is 1. The van der Waals surface area contributed by atoms with E-state index in [4.69, 9.17) is 4.74 Å². The minimum atomic E-state index is -0.106. The van der Waals surface area contributed by atoms with Crippen molar-refractivity contribution in [2.45, 2.75) is 24.7 Å². The molecule has 0 aliphatic heterocycles. The average Bonchev–Trinajstić information content (AvgIpc) is 2.35. The summed E-state index contributed by atoms with van der Waals surface area (Å²) in [4.78, 5) is 11.4. The number of benzene rings is 1. The summed E-state index contributed by atoms with van der Waals surface area (Å²) < 4.78 is 5.06. The summed E-state index contributed by atoms with van der Waals surface area (Å²) in [5.74, 6) is 0.848. The van der Waals surface area contributed by atoms with Crippen LogP contribution in [0.15, 0.2) is 24.3 Å². The highest BCUT2D eigenvalue weighted by Crippen LogP contribution is 2.11. The lowest BCUT2D eigenvalue weighted by atomic mass is 10.2. The lowest BCUT2D eigenvalue weighted by Gasteiger charge is -2.09. The van der Waals surface area contributed by atoms with Crippen LogP contribution in [0.5, 0.6) is 5.75 Å². The van der Waals surface area contributed by atoms with Gasteiger partial charge in [0.2, 0.25) is 5.91 Å². The molecule has 1 atom stereocenters. The standard InChI is InChI=1S/C12H16BrNO2/c1-3-11(13)12(15)14-8-9-4-6-10(16-2)7-5-9/h4-7,11H,3,8H2,1-2H3,(H,14,15). The molecule has 0 radical (unpaired) electrons. The van der Waals surface area contributed by atoms with Gasteiger partial charge in [-0.05, 0) is 24.1 Å². The molecule has 0 heterocycles. The van der Waals surface area contributed by atoms with Crippen molar-refractivity contribution in [2.75, 3.05) is 7.11 Å². The van der Waals surface area contributed by atoms with Crippen molar-refractivity contribution in [3.63, 3.8) is 0 Å². The summed E-state index contributed by atoms with van der Waals surface area (Å²) >= 11 is 3.31. The molecule has 1 N–H and O–H groups in total. The van der Waals surface area contributed by atoms with E-state index in [9.17, 15) is 4.79 Å². The summed E-state index contributed by atoms with van der Waals surface area (Å²) in [5, 5.41) is 2.86. The molecule has 0 aromatic heterocycles. The molecule has 16 heavy (non-hydrogen) atoms. The van der Waals surface area contributed by atoms with Gasteiger partial charge in [0, 0.05) is 6.54 Å². The van der Waals surface area contributed by atoms with Crippen molar-refractivity contribution in [3.8, 4) is 5.75 Å². The third-order valence-corrected chi connectivity index (χ3v) is 3.33. The third kappa shape index (κ3) is 3.85. The largest absolute Gasteiger partial charge is 0.497 e. The number of nitrogens with one attached hydrogen (secondary N) is 1. The van der Waals surface area contributed by atoms with Gasteiger partial charge in [-0.1, -0.05) is 35.0 Å². The number of hydrogen-bond acceptors (Lipinski definition) is 2. The topological polar surface area (TPSA) is 38.3 Å². The molecule has 0 fully saturated rings. The number of alkyl halides is 1. The normalized spacial score (nSPS) is 11.9. The molecule has 1 amide bonds. The van der Waals surface area contributed by atoms with Crippen LogP contribution in [0.25, 0.3) is 0 Å². The van der Waals surface area contributed by atoms with E-state index < -0.39 is 0 Å². The Bertz CT molecular complexity index is 337. The summed E-state index contributed by atoms with van der Waals surface area (Å²) in [7, 11) is 1.63. The zero-order valence-corrected chi connectivity index (χ0v) is 11.1. The number of ether oxygens (including phenoxy) is 1. The maximum absolute atomic E-state index is 11.5. The molecule has 3 nitrogen and oxygen atoms in total. The van der Waals surface area contributed by atoms with Crippen molar-refractivity contribution >= 4 is 21.8 Å².